The summed E-state index contributed by atoms with van der Waals surface area (Å²) in [6, 6.07) is 3.64. The number of halogens is 1. The Hall–Kier alpha value is -1.89. The van der Waals surface area contributed by atoms with E-state index in [-0.39, 0.29) is 5.69 Å². The molecule has 0 amide bonds. The highest BCUT2D eigenvalue weighted by Gasteiger charge is 2.12. The lowest BCUT2D eigenvalue weighted by Gasteiger charge is -2.06. The summed E-state index contributed by atoms with van der Waals surface area (Å²) < 4.78 is 0.681. The SMILES string of the molecule is O=C(O)c1[nH]ncc1CNc1cccnc1Br. The van der Waals surface area contributed by atoms with E-state index in [1.165, 1.54) is 6.20 Å². The zero-order chi connectivity index (χ0) is 12.3. The van der Waals surface area contributed by atoms with Gasteiger partial charge in [-0.05, 0) is 28.1 Å². The van der Waals surface area contributed by atoms with Crippen molar-refractivity contribution in [1.29, 1.82) is 0 Å². The first kappa shape index (κ1) is 11.6. The van der Waals surface area contributed by atoms with Crippen LogP contribution >= 0.6 is 15.9 Å². The lowest BCUT2D eigenvalue weighted by molar-refractivity contribution is 0.0689. The summed E-state index contributed by atoms with van der Waals surface area (Å²) in [5.74, 6) is -1.02. The van der Waals surface area contributed by atoms with Crippen LogP contribution in [0.5, 0.6) is 0 Å². The second-order valence-corrected chi connectivity index (χ2v) is 4.02. The molecule has 2 heterocycles. The first-order valence-corrected chi connectivity index (χ1v) is 5.57. The summed E-state index contributed by atoms with van der Waals surface area (Å²) in [6.07, 6.45) is 3.15. The average molecular weight is 297 g/mol. The van der Waals surface area contributed by atoms with E-state index < -0.39 is 5.97 Å². The average Bonchev–Trinajstić information content (AvgIpc) is 2.76. The van der Waals surface area contributed by atoms with Crippen molar-refractivity contribution < 1.29 is 9.90 Å². The predicted octanol–water partition coefficient (Wildman–Crippen LogP) is 1.88. The quantitative estimate of drug-likeness (QED) is 0.749. The maximum Gasteiger partial charge on any atom is 0.354 e. The number of H-pyrrole nitrogens is 1. The molecular weight excluding hydrogens is 288 g/mol. The highest BCUT2D eigenvalue weighted by Crippen LogP contribution is 2.19. The molecule has 2 rings (SSSR count). The van der Waals surface area contributed by atoms with E-state index in [1.54, 1.807) is 12.3 Å². The van der Waals surface area contributed by atoms with E-state index in [0.29, 0.717) is 16.7 Å². The van der Waals surface area contributed by atoms with Crippen LogP contribution in [0.2, 0.25) is 0 Å². The van der Waals surface area contributed by atoms with Crippen LogP contribution in [0.3, 0.4) is 0 Å². The fourth-order valence-corrected chi connectivity index (χ4v) is 1.73. The van der Waals surface area contributed by atoms with Gasteiger partial charge >= 0.3 is 5.97 Å². The summed E-state index contributed by atoms with van der Waals surface area (Å²) in [5, 5.41) is 18.1. The Bertz CT molecular complexity index is 541. The fraction of sp³-hybridized carbons (Fsp3) is 0.100. The van der Waals surface area contributed by atoms with Crippen LogP contribution in [-0.2, 0) is 6.54 Å². The van der Waals surface area contributed by atoms with E-state index in [1.807, 2.05) is 6.07 Å². The van der Waals surface area contributed by atoms with Crippen LogP contribution in [0.25, 0.3) is 0 Å². The highest BCUT2D eigenvalue weighted by atomic mass is 79.9. The van der Waals surface area contributed by atoms with E-state index >= 15 is 0 Å². The number of aromatic amines is 1. The van der Waals surface area contributed by atoms with E-state index in [9.17, 15) is 4.79 Å². The van der Waals surface area contributed by atoms with Gasteiger partial charge in [0.1, 0.15) is 10.3 Å². The van der Waals surface area contributed by atoms with Crippen molar-refractivity contribution >= 4 is 27.6 Å². The number of aromatic nitrogens is 3. The van der Waals surface area contributed by atoms with Gasteiger partial charge in [0.2, 0.25) is 0 Å². The minimum Gasteiger partial charge on any atom is -0.477 e. The van der Waals surface area contributed by atoms with E-state index in [0.717, 1.165) is 5.69 Å². The predicted molar refractivity (Wildman–Crippen MR) is 64.8 cm³/mol. The number of hydrogen-bond acceptors (Lipinski definition) is 4. The number of rotatable bonds is 4. The number of nitrogens with one attached hydrogen (secondary N) is 2. The Kier molecular flexibility index (Phi) is 3.38. The van der Waals surface area contributed by atoms with Crippen molar-refractivity contribution in [3.05, 3.63) is 40.4 Å². The number of hydrogen-bond donors (Lipinski definition) is 3. The molecule has 0 radical (unpaired) electrons. The summed E-state index contributed by atoms with van der Waals surface area (Å²) in [6.45, 7) is 0.364. The number of carboxylic acids is 1. The summed E-state index contributed by atoms with van der Waals surface area (Å²) in [5.41, 5.74) is 1.48. The number of aromatic carboxylic acids is 1. The molecule has 6 nitrogen and oxygen atoms in total. The van der Waals surface area contributed by atoms with Crippen molar-refractivity contribution in [3.8, 4) is 0 Å². The molecule has 0 saturated carbocycles. The molecule has 0 aliphatic rings. The molecule has 0 unspecified atom stereocenters. The topological polar surface area (TPSA) is 90.9 Å². The molecule has 0 fully saturated rings. The van der Waals surface area contributed by atoms with Gasteiger partial charge in [-0.2, -0.15) is 5.10 Å². The largest absolute Gasteiger partial charge is 0.477 e. The number of anilines is 1. The molecule has 2 aromatic heterocycles. The van der Waals surface area contributed by atoms with Gasteiger partial charge < -0.3 is 10.4 Å². The van der Waals surface area contributed by atoms with Crippen molar-refractivity contribution in [1.82, 2.24) is 15.2 Å². The van der Waals surface area contributed by atoms with Crippen LogP contribution in [0.4, 0.5) is 5.69 Å². The molecule has 2 aromatic rings. The van der Waals surface area contributed by atoms with Gasteiger partial charge in [-0.3, -0.25) is 5.10 Å². The Morgan fingerprint density at radius 2 is 2.41 bits per heavy atom. The number of nitrogens with zero attached hydrogens (tertiary/aromatic N) is 2. The lowest BCUT2D eigenvalue weighted by atomic mass is 10.2. The molecule has 7 heteroatoms. The molecular formula is C10H9BrN4O2. The van der Waals surface area contributed by atoms with Gasteiger partial charge in [0.15, 0.2) is 0 Å². The van der Waals surface area contributed by atoms with E-state index in [2.05, 4.69) is 36.4 Å². The fourth-order valence-electron chi connectivity index (χ4n) is 1.34. The Balaban J connectivity index is 2.10. The Labute approximate surface area is 105 Å². The second-order valence-electron chi connectivity index (χ2n) is 3.27. The van der Waals surface area contributed by atoms with Gasteiger partial charge in [0.05, 0.1) is 11.9 Å². The van der Waals surface area contributed by atoms with Crippen LogP contribution in [0.15, 0.2) is 29.1 Å². The molecule has 3 N–H and O–H groups in total. The molecule has 0 spiro atoms. The number of carbonyl (C=O) groups is 1. The molecule has 0 aliphatic carbocycles. The Morgan fingerprint density at radius 1 is 1.59 bits per heavy atom. The number of pyridine rings is 1. The van der Waals surface area contributed by atoms with Gasteiger partial charge in [0, 0.05) is 18.3 Å². The van der Waals surface area contributed by atoms with Crippen molar-refractivity contribution in [2.45, 2.75) is 6.54 Å². The summed E-state index contributed by atoms with van der Waals surface area (Å²) >= 11 is 3.29. The van der Waals surface area contributed by atoms with E-state index in [4.69, 9.17) is 5.11 Å². The van der Waals surface area contributed by atoms with Crippen LogP contribution in [0, 0.1) is 0 Å². The third kappa shape index (κ3) is 2.62. The first-order chi connectivity index (χ1) is 8.18. The second kappa shape index (κ2) is 4.96. The summed E-state index contributed by atoms with van der Waals surface area (Å²) in [7, 11) is 0. The maximum atomic E-state index is 10.8. The molecule has 0 aliphatic heterocycles. The van der Waals surface area contributed by atoms with Gasteiger partial charge in [0.25, 0.3) is 0 Å². The monoisotopic (exact) mass is 296 g/mol. The highest BCUT2D eigenvalue weighted by molar-refractivity contribution is 9.10. The smallest absolute Gasteiger partial charge is 0.354 e. The molecule has 0 aromatic carbocycles. The summed E-state index contributed by atoms with van der Waals surface area (Å²) in [4.78, 5) is 14.9. The van der Waals surface area contributed by atoms with Crippen molar-refractivity contribution in [3.63, 3.8) is 0 Å². The van der Waals surface area contributed by atoms with Gasteiger partial charge in [-0.25, -0.2) is 9.78 Å². The zero-order valence-corrected chi connectivity index (χ0v) is 10.2. The minimum absolute atomic E-state index is 0.0949. The molecule has 0 bridgehead atoms. The minimum atomic E-state index is -1.02. The van der Waals surface area contributed by atoms with Gasteiger partial charge in [-0.15, -0.1) is 0 Å². The lowest BCUT2D eigenvalue weighted by Crippen LogP contribution is -2.06. The van der Waals surface area contributed by atoms with Gasteiger partial charge in [-0.1, -0.05) is 0 Å². The van der Waals surface area contributed by atoms with Crippen molar-refractivity contribution in [2.75, 3.05) is 5.32 Å². The molecule has 88 valence electrons. The number of carboxylic acid groups (broad SMARTS) is 1. The van der Waals surface area contributed by atoms with Crippen LogP contribution < -0.4 is 5.32 Å². The third-order valence-corrected chi connectivity index (χ3v) is 2.79. The first-order valence-electron chi connectivity index (χ1n) is 4.78. The molecule has 0 atom stereocenters. The maximum absolute atomic E-state index is 10.8. The Morgan fingerprint density at radius 3 is 3.12 bits per heavy atom. The third-order valence-electron chi connectivity index (χ3n) is 2.16. The van der Waals surface area contributed by atoms with Crippen molar-refractivity contribution in [2.24, 2.45) is 0 Å². The zero-order valence-electron chi connectivity index (χ0n) is 8.64. The van der Waals surface area contributed by atoms with Crippen LogP contribution in [0.1, 0.15) is 16.1 Å². The molecule has 0 saturated heterocycles. The normalized spacial score (nSPS) is 10.2. The van der Waals surface area contributed by atoms with Crippen LogP contribution in [-0.4, -0.2) is 26.3 Å². The molecule has 17 heavy (non-hydrogen) atoms. The standard InChI is InChI=1S/C10H9BrN4O2/c11-9-7(2-1-3-12-9)13-4-6-5-14-15-8(6)10(16)17/h1-3,5,13H,4H2,(H,14,15)(H,16,17).